The Kier molecular flexibility index (Phi) is 9.01. The highest BCUT2D eigenvalue weighted by Gasteiger charge is 2.33. The fourth-order valence-electron chi connectivity index (χ4n) is 5.49. The molecular formula is C32H38N6O5. The molecule has 1 aliphatic rings. The molecule has 0 saturated carbocycles. The van der Waals surface area contributed by atoms with Crippen LogP contribution < -0.4 is 15.4 Å². The van der Waals surface area contributed by atoms with E-state index in [2.05, 4.69) is 15.6 Å². The van der Waals surface area contributed by atoms with E-state index in [9.17, 15) is 14.4 Å². The Balaban J connectivity index is 1.36. The molecule has 1 saturated heterocycles. The molecule has 11 nitrogen and oxygen atoms in total. The first kappa shape index (κ1) is 29.7. The number of nitrogens with zero attached hydrogens (tertiary/aromatic N) is 3. The van der Waals surface area contributed by atoms with Gasteiger partial charge in [-0.1, -0.05) is 31.2 Å². The first-order valence-electron chi connectivity index (χ1n) is 14.3. The lowest BCUT2D eigenvalue weighted by atomic mass is 9.92. The van der Waals surface area contributed by atoms with Gasteiger partial charge in [-0.05, 0) is 55.6 Å². The number of hydrogen-bond donors (Lipinski definition) is 3. The number of urea groups is 1. The largest absolute Gasteiger partial charge is 0.495 e. The van der Waals surface area contributed by atoms with Gasteiger partial charge >= 0.3 is 6.03 Å². The summed E-state index contributed by atoms with van der Waals surface area (Å²) >= 11 is 0. The molecule has 0 bridgehead atoms. The average Bonchev–Trinajstić information content (AvgIpc) is 3.70. The average molecular weight is 587 g/mol. The number of benzene rings is 2. The van der Waals surface area contributed by atoms with E-state index in [1.54, 1.807) is 29.0 Å². The summed E-state index contributed by atoms with van der Waals surface area (Å²) in [6.07, 6.45) is 3.35. The molecule has 0 aliphatic carbocycles. The minimum Gasteiger partial charge on any atom is -0.495 e. The van der Waals surface area contributed by atoms with E-state index in [1.807, 2.05) is 74.6 Å². The molecule has 2 atom stereocenters. The van der Waals surface area contributed by atoms with Crippen molar-refractivity contribution in [1.82, 2.24) is 25.0 Å². The van der Waals surface area contributed by atoms with Crippen LogP contribution >= 0.6 is 0 Å². The Labute approximate surface area is 250 Å². The molecule has 11 heteroatoms. The van der Waals surface area contributed by atoms with Crippen LogP contribution in [0.3, 0.4) is 0 Å². The highest BCUT2D eigenvalue weighted by molar-refractivity contribution is 5.99. The molecule has 5 rings (SSSR count). The van der Waals surface area contributed by atoms with Crippen LogP contribution in [-0.2, 0) is 11.3 Å². The van der Waals surface area contributed by atoms with Gasteiger partial charge in [-0.25, -0.2) is 4.79 Å². The zero-order chi connectivity index (χ0) is 30.5. The number of anilines is 1. The fourth-order valence-corrected chi connectivity index (χ4v) is 5.49. The second-order valence-corrected chi connectivity index (χ2v) is 11.0. The number of aromatic nitrogens is 1. The van der Waals surface area contributed by atoms with Crippen molar-refractivity contribution in [3.05, 3.63) is 83.9 Å². The predicted molar refractivity (Wildman–Crippen MR) is 164 cm³/mol. The first-order valence-corrected chi connectivity index (χ1v) is 14.3. The Morgan fingerprint density at radius 1 is 1.02 bits per heavy atom. The standard InChI is InChI=1S/C32H38N6O5/c1-21(24-19-33-25-9-6-5-8-23(24)25)29(30(39)34-26-18-22(20-36(2)3)11-12-27(26)42-4)35-32(41)38-15-13-37(14-16-38)31(40)28-10-7-17-43-28/h5-12,17-19,21,29,33H,13-16,20H2,1-4H3,(H,34,39)(H,35,41). The van der Waals surface area contributed by atoms with Gasteiger partial charge in [-0.2, -0.15) is 0 Å². The molecule has 0 radical (unpaired) electrons. The molecule has 43 heavy (non-hydrogen) atoms. The highest BCUT2D eigenvalue weighted by atomic mass is 16.5. The molecule has 1 fully saturated rings. The Bertz CT molecular complexity index is 1570. The monoisotopic (exact) mass is 586 g/mol. The first-order chi connectivity index (χ1) is 20.7. The molecule has 0 spiro atoms. The van der Waals surface area contributed by atoms with E-state index in [4.69, 9.17) is 9.15 Å². The third kappa shape index (κ3) is 6.67. The number of ether oxygens (including phenoxy) is 1. The molecule has 4 amide bonds. The van der Waals surface area contributed by atoms with Crippen molar-refractivity contribution in [2.24, 2.45) is 0 Å². The number of amides is 4. The van der Waals surface area contributed by atoms with Crippen LogP contribution in [0, 0.1) is 0 Å². The SMILES string of the molecule is COc1ccc(CN(C)C)cc1NC(=O)C(NC(=O)N1CCN(C(=O)c2ccco2)CC1)C(C)c1c[nH]c2ccccc12. The zero-order valence-corrected chi connectivity index (χ0v) is 24.9. The summed E-state index contributed by atoms with van der Waals surface area (Å²) in [4.78, 5) is 48.9. The number of aromatic amines is 1. The van der Waals surface area contributed by atoms with Crippen molar-refractivity contribution in [3.63, 3.8) is 0 Å². The zero-order valence-electron chi connectivity index (χ0n) is 24.9. The van der Waals surface area contributed by atoms with Gasteiger partial charge in [-0.15, -0.1) is 0 Å². The van der Waals surface area contributed by atoms with Crippen LogP contribution in [0.5, 0.6) is 5.75 Å². The molecule has 1 aliphatic heterocycles. The number of hydrogen-bond acceptors (Lipinski definition) is 6. The molecular weight excluding hydrogens is 548 g/mol. The number of piperazine rings is 1. The minimum absolute atomic E-state index is 0.208. The number of fused-ring (bicyclic) bond motifs is 1. The van der Waals surface area contributed by atoms with Crippen molar-refractivity contribution >= 4 is 34.4 Å². The number of methoxy groups -OCH3 is 1. The second-order valence-electron chi connectivity index (χ2n) is 11.0. The maximum Gasteiger partial charge on any atom is 0.318 e. The van der Waals surface area contributed by atoms with Crippen LogP contribution in [0.15, 0.2) is 71.5 Å². The van der Waals surface area contributed by atoms with E-state index in [1.165, 1.54) is 6.26 Å². The number of carbonyl (C=O) groups is 3. The minimum atomic E-state index is -0.906. The van der Waals surface area contributed by atoms with Crippen LogP contribution in [-0.4, -0.2) is 91.0 Å². The quantitative estimate of drug-likeness (QED) is 0.271. The molecule has 3 N–H and O–H groups in total. The predicted octanol–water partition coefficient (Wildman–Crippen LogP) is 4.11. The lowest BCUT2D eigenvalue weighted by Gasteiger charge is -2.35. The number of H-pyrrole nitrogens is 1. The number of para-hydroxylation sites is 1. The van der Waals surface area contributed by atoms with Gasteiger partial charge in [0.1, 0.15) is 11.8 Å². The second kappa shape index (κ2) is 13.0. The van der Waals surface area contributed by atoms with E-state index in [-0.39, 0.29) is 29.5 Å². The van der Waals surface area contributed by atoms with Gasteiger partial charge in [0.15, 0.2) is 5.76 Å². The Morgan fingerprint density at radius 3 is 2.47 bits per heavy atom. The lowest BCUT2D eigenvalue weighted by Crippen LogP contribution is -2.57. The topological polar surface area (TPSA) is 123 Å². The van der Waals surface area contributed by atoms with Gasteiger partial charge in [0, 0.05) is 55.7 Å². The summed E-state index contributed by atoms with van der Waals surface area (Å²) in [6.45, 7) is 3.99. The highest BCUT2D eigenvalue weighted by Crippen LogP contribution is 2.30. The van der Waals surface area contributed by atoms with Gasteiger partial charge in [0.25, 0.3) is 5.91 Å². The molecule has 226 valence electrons. The summed E-state index contributed by atoms with van der Waals surface area (Å²) in [5.74, 6) is -0.151. The summed E-state index contributed by atoms with van der Waals surface area (Å²) in [7, 11) is 5.51. The summed E-state index contributed by atoms with van der Waals surface area (Å²) in [5.41, 5.74) is 3.40. The maximum absolute atomic E-state index is 14.0. The van der Waals surface area contributed by atoms with Crippen molar-refractivity contribution in [2.45, 2.75) is 25.4 Å². The summed E-state index contributed by atoms with van der Waals surface area (Å²) < 4.78 is 10.8. The maximum atomic E-state index is 14.0. The molecule has 4 aromatic rings. The van der Waals surface area contributed by atoms with E-state index in [0.29, 0.717) is 44.2 Å². The Morgan fingerprint density at radius 2 is 1.77 bits per heavy atom. The fraction of sp³-hybridized carbons (Fsp3) is 0.344. The van der Waals surface area contributed by atoms with Crippen LogP contribution in [0.25, 0.3) is 10.9 Å². The molecule has 2 aromatic carbocycles. The normalized spacial score (nSPS) is 14.9. The number of carbonyl (C=O) groups excluding carboxylic acids is 3. The van der Waals surface area contributed by atoms with Crippen molar-refractivity contribution < 1.29 is 23.5 Å². The third-order valence-electron chi connectivity index (χ3n) is 7.78. The van der Waals surface area contributed by atoms with Crippen LogP contribution in [0.4, 0.5) is 10.5 Å². The van der Waals surface area contributed by atoms with Gasteiger partial charge in [-0.3, -0.25) is 9.59 Å². The van der Waals surface area contributed by atoms with E-state index >= 15 is 0 Å². The molecule has 2 unspecified atom stereocenters. The van der Waals surface area contributed by atoms with Crippen LogP contribution in [0.2, 0.25) is 0 Å². The van der Waals surface area contributed by atoms with Gasteiger partial charge < -0.3 is 39.5 Å². The van der Waals surface area contributed by atoms with Crippen molar-refractivity contribution in [3.8, 4) is 5.75 Å². The smallest absolute Gasteiger partial charge is 0.318 e. The van der Waals surface area contributed by atoms with Crippen molar-refractivity contribution in [1.29, 1.82) is 0 Å². The Hall–Kier alpha value is -4.77. The summed E-state index contributed by atoms with van der Waals surface area (Å²) in [5, 5.41) is 7.01. The van der Waals surface area contributed by atoms with E-state index < -0.39 is 6.04 Å². The van der Waals surface area contributed by atoms with Crippen LogP contribution in [0.1, 0.15) is 34.5 Å². The molecule has 3 heterocycles. The molecule has 2 aromatic heterocycles. The van der Waals surface area contributed by atoms with Gasteiger partial charge in [0.2, 0.25) is 5.91 Å². The van der Waals surface area contributed by atoms with Gasteiger partial charge in [0.05, 0.1) is 19.1 Å². The number of rotatable bonds is 9. The summed E-state index contributed by atoms with van der Waals surface area (Å²) in [6, 6.07) is 15.6. The van der Waals surface area contributed by atoms with Crippen molar-refractivity contribution in [2.75, 3.05) is 52.7 Å². The lowest BCUT2D eigenvalue weighted by molar-refractivity contribution is -0.118. The third-order valence-corrected chi connectivity index (χ3v) is 7.78. The number of nitrogens with one attached hydrogen (secondary N) is 3. The number of furan rings is 1. The van der Waals surface area contributed by atoms with E-state index in [0.717, 1.165) is 22.0 Å².